The highest BCUT2D eigenvalue weighted by Crippen LogP contribution is 2.44. The van der Waals surface area contributed by atoms with Crippen molar-refractivity contribution in [3.05, 3.63) is 117 Å². The molecule has 1 saturated carbocycles. The maximum atomic E-state index is 14.0. The van der Waals surface area contributed by atoms with Crippen molar-refractivity contribution in [2.75, 3.05) is 62.7 Å². The third kappa shape index (κ3) is 10.2. The number of sulfonamides is 1. The van der Waals surface area contributed by atoms with E-state index in [4.69, 9.17) is 25.8 Å². The number of benzene rings is 3. The van der Waals surface area contributed by atoms with E-state index in [0.717, 1.165) is 99.8 Å². The number of nitro benzene ring substituents is 1. The number of amides is 1. The lowest BCUT2D eigenvalue weighted by Crippen LogP contribution is -2.47. The minimum atomic E-state index is -4.58. The Labute approximate surface area is 383 Å². The summed E-state index contributed by atoms with van der Waals surface area (Å²) >= 11 is 6.25. The average molecular weight is 925 g/mol. The summed E-state index contributed by atoms with van der Waals surface area (Å²) in [5, 5.41) is 16.9. The monoisotopic (exact) mass is 923 g/mol. The Morgan fingerprint density at radius 3 is 2.48 bits per heavy atom. The number of ether oxygens (including phenoxy) is 3. The van der Waals surface area contributed by atoms with Crippen molar-refractivity contribution >= 4 is 61.2 Å². The van der Waals surface area contributed by atoms with Crippen LogP contribution in [0.3, 0.4) is 0 Å². The summed E-state index contributed by atoms with van der Waals surface area (Å²) in [5.41, 5.74) is 5.52. The number of H-pyrrole nitrogens is 1. The van der Waals surface area contributed by atoms with Crippen molar-refractivity contribution in [2.45, 2.75) is 69.5 Å². The van der Waals surface area contributed by atoms with Crippen LogP contribution in [0, 0.1) is 21.4 Å². The van der Waals surface area contributed by atoms with Crippen LogP contribution in [0.25, 0.3) is 16.6 Å². The van der Waals surface area contributed by atoms with Crippen LogP contribution in [0.2, 0.25) is 5.02 Å². The predicted octanol–water partition coefficient (Wildman–Crippen LogP) is 9.17. The van der Waals surface area contributed by atoms with Gasteiger partial charge >= 0.3 is 0 Å². The number of carbonyl (C=O) groups is 1. The van der Waals surface area contributed by atoms with Gasteiger partial charge in [0, 0.05) is 86.5 Å². The Hall–Kier alpha value is -5.52. The number of hydrogen-bond donors (Lipinski definition) is 3. The lowest BCUT2D eigenvalue weighted by atomic mass is 9.72. The van der Waals surface area contributed by atoms with E-state index in [0.29, 0.717) is 31.2 Å². The number of piperazine rings is 1. The molecule has 15 nitrogen and oxygen atoms in total. The number of hydrogen-bond acceptors (Lipinski definition) is 12. The van der Waals surface area contributed by atoms with Crippen LogP contribution >= 0.6 is 11.6 Å². The summed E-state index contributed by atoms with van der Waals surface area (Å²) in [4.78, 5) is 37.4. The van der Waals surface area contributed by atoms with Crippen LogP contribution in [0.1, 0.15) is 74.7 Å². The van der Waals surface area contributed by atoms with E-state index in [-0.39, 0.29) is 28.3 Å². The van der Waals surface area contributed by atoms with E-state index in [1.54, 1.807) is 30.5 Å². The maximum Gasteiger partial charge on any atom is 0.293 e. The number of rotatable bonds is 13. The Morgan fingerprint density at radius 2 is 1.74 bits per heavy atom. The van der Waals surface area contributed by atoms with Crippen molar-refractivity contribution in [3.8, 4) is 11.5 Å². The van der Waals surface area contributed by atoms with Crippen molar-refractivity contribution in [2.24, 2.45) is 11.3 Å². The molecule has 4 heterocycles. The van der Waals surface area contributed by atoms with Gasteiger partial charge in [0.1, 0.15) is 22.8 Å². The van der Waals surface area contributed by atoms with Crippen LogP contribution in [-0.4, -0.2) is 92.4 Å². The minimum Gasteiger partial charge on any atom is -0.455 e. The average Bonchev–Trinajstić information content (AvgIpc) is 3.96. The van der Waals surface area contributed by atoms with Crippen LogP contribution in [0.4, 0.5) is 17.1 Å². The third-order valence-corrected chi connectivity index (χ3v) is 14.9. The van der Waals surface area contributed by atoms with E-state index in [1.165, 1.54) is 35.0 Å². The molecule has 2 aliphatic carbocycles. The van der Waals surface area contributed by atoms with Crippen molar-refractivity contribution in [1.82, 2.24) is 19.6 Å². The third-order valence-electron chi connectivity index (χ3n) is 13.3. The summed E-state index contributed by atoms with van der Waals surface area (Å²) in [6, 6.07) is 20.5. The number of allylic oxidation sites excluding steroid dienone is 1. The molecule has 2 aliphatic heterocycles. The largest absolute Gasteiger partial charge is 0.455 e. The highest BCUT2D eigenvalue weighted by molar-refractivity contribution is 7.90. The Balaban J connectivity index is 0.905. The summed E-state index contributed by atoms with van der Waals surface area (Å²) in [6.45, 7) is 10.3. The van der Waals surface area contributed by atoms with E-state index >= 15 is 0 Å². The van der Waals surface area contributed by atoms with Crippen molar-refractivity contribution < 1.29 is 32.3 Å². The van der Waals surface area contributed by atoms with Crippen LogP contribution < -0.4 is 19.7 Å². The number of nitro groups is 1. The van der Waals surface area contributed by atoms with E-state index in [2.05, 4.69) is 55.8 Å². The highest BCUT2D eigenvalue weighted by Gasteiger charge is 2.40. The summed E-state index contributed by atoms with van der Waals surface area (Å²) in [6.07, 6.45) is 9.62. The van der Waals surface area contributed by atoms with Gasteiger partial charge in [-0.3, -0.25) is 19.8 Å². The summed E-state index contributed by atoms with van der Waals surface area (Å²) in [5.74, 6) is -0.763. The normalized spacial score (nSPS) is 19.2. The van der Waals surface area contributed by atoms with Crippen molar-refractivity contribution in [1.29, 1.82) is 0 Å². The topological polar surface area (TPSA) is 181 Å². The van der Waals surface area contributed by atoms with Gasteiger partial charge in [0.25, 0.3) is 21.6 Å². The van der Waals surface area contributed by atoms with Crippen LogP contribution in [0.5, 0.6) is 11.5 Å². The molecule has 9 rings (SSSR count). The molecule has 3 fully saturated rings. The molecule has 65 heavy (non-hydrogen) atoms. The fourth-order valence-electron chi connectivity index (χ4n) is 9.56. The van der Waals surface area contributed by atoms with E-state index in [1.807, 2.05) is 18.2 Å². The molecule has 3 aromatic carbocycles. The van der Waals surface area contributed by atoms with Gasteiger partial charge in [0.2, 0.25) is 0 Å². The van der Waals surface area contributed by atoms with Gasteiger partial charge in [-0.15, -0.1) is 0 Å². The molecular formula is C48H54ClN7O8S. The SMILES string of the molecule is CC1(C)CCC(CN2CCN(c3ccc(C(=O)NS(=O)(=O)c4ccc(NCC5CCC6(CC5)OCCO6)c([N+](=O)[O-])c4)c(Oc4cnc5[nH]ccc5c4)c3)CC2)=C(c2ccc(Cl)cc2)C1. The molecule has 0 atom stereocenters. The van der Waals surface area contributed by atoms with Crippen LogP contribution in [-0.2, 0) is 19.5 Å². The zero-order chi connectivity index (χ0) is 45.3. The minimum absolute atomic E-state index is 0.0394. The zero-order valence-electron chi connectivity index (χ0n) is 36.6. The first kappa shape index (κ1) is 44.7. The number of nitrogens with zero attached hydrogens (tertiary/aromatic N) is 4. The molecule has 2 aromatic heterocycles. The quantitative estimate of drug-likeness (QED) is 0.0754. The molecule has 0 unspecified atom stereocenters. The second-order valence-corrected chi connectivity index (χ2v) is 20.5. The molecule has 5 aromatic rings. The number of anilines is 2. The first-order valence-electron chi connectivity index (χ1n) is 22.3. The number of carbonyl (C=O) groups excluding carboxylic acids is 1. The van der Waals surface area contributed by atoms with Gasteiger partial charge in [-0.2, -0.15) is 0 Å². The van der Waals surface area contributed by atoms with Gasteiger partial charge in [-0.1, -0.05) is 43.2 Å². The first-order valence-corrected chi connectivity index (χ1v) is 24.1. The molecule has 342 valence electrons. The van der Waals surface area contributed by atoms with Gasteiger partial charge in [-0.05, 0) is 103 Å². The number of pyridine rings is 1. The molecular weight excluding hydrogens is 870 g/mol. The number of fused-ring (bicyclic) bond motifs is 1. The summed E-state index contributed by atoms with van der Waals surface area (Å²) < 4.78 is 47.7. The Kier molecular flexibility index (Phi) is 12.6. The fourth-order valence-corrected chi connectivity index (χ4v) is 10.7. The molecule has 0 radical (unpaired) electrons. The number of aromatic amines is 1. The smallest absolute Gasteiger partial charge is 0.293 e. The van der Waals surface area contributed by atoms with Gasteiger partial charge in [0.05, 0.1) is 34.8 Å². The lowest BCUT2D eigenvalue weighted by molar-refractivity contribution is -0.384. The Bertz CT molecular complexity index is 2720. The number of aromatic nitrogens is 2. The second kappa shape index (κ2) is 18.4. The predicted molar refractivity (Wildman–Crippen MR) is 250 cm³/mol. The standard InChI is InChI=1S/C48H54ClN7O8S/c1-47(2)15-13-35(41(28-47)33-3-5-36(49)6-4-33)31-54-19-21-55(22-20-54)37-7-9-40(44(26-37)64-38-25-34-14-18-50-45(34)52-30-38)46(57)53-65(60,61)39-8-10-42(43(27-39)56(58)59)51-29-32-11-16-48(17-12-32)62-23-24-63-48/h3-10,14,18,25-27,30,32,51H,11-13,15-17,19-24,28-29,31H2,1-2H3,(H,50,52)(H,53,57). The molecule has 3 N–H and O–H groups in total. The van der Waals surface area contributed by atoms with Gasteiger partial charge in [0.15, 0.2) is 5.79 Å². The molecule has 1 spiro atoms. The molecule has 17 heteroatoms. The maximum absolute atomic E-state index is 14.0. The lowest BCUT2D eigenvalue weighted by Gasteiger charge is -2.39. The first-order chi connectivity index (χ1) is 31.2. The molecule has 4 aliphatic rings. The molecule has 2 saturated heterocycles. The van der Waals surface area contributed by atoms with E-state index < -0.39 is 37.2 Å². The van der Waals surface area contributed by atoms with E-state index in [9.17, 15) is 23.3 Å². The van der Waals surface area contributed by atoms with Gasteiger partial charge in [-0.25, -0.2) is 18.1 Å². The Morgan fingerprint density at radius 1 is 0.985 bits per heavy atom. The van der Waals surface area contributed by atoms with Crippen molar-refractivity contribution in [3.63, 3.8) is 0 Å². The number of nitrogens with one attached hydrogen (secondary N) is 3. The zero-order valence-corrected chi connectivity index (χ0v) is 38.2. The van der Waals surface area contributed by atoms with Crippen LogP contribution in [0.15, 0.2) is 95.7 Å². The summed E-state index contributed by atoms with van der Waals surface area (Å²) in [7, 11) is -4.58. The highest BCUT2D eigenvalue weighted by atomic mass is 35.5. The molecule has 0 bridgehead atoms. The molecule has 1 amide bonds. The number of halogens is 1. The second-order valence-electron chi connectivity index (χ2n) is 18.4. The van der Waals surface area contributed by atoms with Gasteiger partial charge < -0.3 is 29.4 Å². The fraction of sp³-hybridized carbons (Fsp3) is 0.417.